The summed E-state index contributed by atoms with van der Waals surface area (Å²) in [6, 6.07) is -0.908. The first-order chi connectivity index (χ1) is 48.8. The minimum absolute atomic E-state index is 0.0668. The van der Waals surface area contributed by atoms with Crippen LogP contribution in [0.4, 0.5) is 5.69 Å². The van der Waals surface area contributed by atoms with Crippen LogP contribution in [0.5, 0.6) is 11.5 Å². The first kappa shape index (κ1) is 81.8. The van der Waals surface area contributed by atoms with Gasteiger partial charge < -0.3 is 70.7 Å². The third-order valence-electron chi connectivity index (χ3n) is 20.7. The smallest absolute Gasteiger partial charge is 0.329 e. The summed E-state index contributed by atoms with van der Waals surface area (Å²) in [6.45, 7) is 20.5. The summed E-state index contributed by atoms with van der Waals surface area (Å²) in [6.07, 6.45) is 5.02. The number of hydrogen-bond donors (Lipinski definition) is 7. The van der Waals surface area contributed by atoms with Crippen molar-refractivity contribution in [3.8, 4) is 23.0 Å². The van der Waals surface area contributed by atoms with E-state index in [9.17, 15) is 57.8 Å². The number of aromatic hydroxyl groups is 2. The van der Waals surface area contributed by atoms with Gasteiger partial charge in [-0.3, -0.25) is 52.7 Å². The first-order valence-electron chi connectivity index (χ1n) is 36.2. The van der Waals surface area contributed by atoms with E-state index < -0.39 is 196 Å². The van der Waals surface area contributed by atoms with Gasteiger partial charge in [0.2, 0.25) is 40.9 Å². The zero-order valence-electron chi connectivity index (χ0n) is 63.1. The van der Waals surface area contributed by atoms with Crippen LogP contribution in [0.3, 0.4) is 0 Å². The molecule has 4 fully saturated rings. The monoisotopic (exact) mass is 1450 g/mol. The minimum Gasteiger partial charge on any atom is -0.508 e. The van der Waals surface area contributed by atoms with Crippen molar-refractivity contribution < 1.29 is 81.6 Å². The Morgan fingerprint density at radius 2 is 1.09 bits per heavy atom. The number of rotatable bonds is 13. The number of ether oxygens (including phenoxy) is 2. The maximum absolute atomic E-state index is 15.2. The van der Waals surface area contributed by atoms with E-state index in [0.29, 0.717) is 44.1 Å². The number of ketones is 2. The van der Waals surface area contributed by atoms with Gasteiger partial charge in [-0.25, -0.2) is 14.6 Å². The summed E-state index contributed by atoms with van der Waals surface area (Å²) in [5.74, 6) is -14.6. The van der Waals surface area contributed by atoms with E-state index >= 15 is 9.59 Å². The van der Waals surface area contributed by atoms with E-state index in [2.05, 4.69) is 28.2 Å². The second kappa shape index (κ2) is 34.9. The molecule has 12 atom stereocenters. The normalized spacial score (nSPS) is 25.5. The highest BCUT2D eigenvalue weighted by atomic mass is 16.6. The summed E-state index contributed by atoms with van der Waals surface area (Å²) in [4.78, 5) is 197. The van der Waals surface area contributed by atoms with Crippen molar-refractivity contribution in [3.63, 3.8) is 0 Å². The molecule has 12 unspecified atom stereocenters. The Labute approximate surface area is 607 Å². The number of likely N-dealkylation sites (N-methyl/N-ethyl adjacent to an activating group) is 4. The van der Waals surface area contributed by atoms with Crippen LogP contribution in [0.2, 0.25) is 0 Å². The number of carbonyl (C=O) groups excluding carboxylic acids is 12. The van der Waals surface area contributed by atoms with Crippen LogP contribution in [0.1, 0.15) is 178 Å². The van der Waals surface area contributed by atoms with Crippen molar-refractivity contribution in [1.82, 2.24) is 45.9 Å². The van der Waals surface area contributed by atoms with E-state index in [4.69, 9.17) is 29.7 Å². The van der Waals surface area contributed by atoms with E-state index in [-0.39, 0.29) is 45.2 Å². The van der Waals surface area contributed by atoms with Crippen LogP contribution >= 0.6 is 0 Å². The lowest BCUT2D eigenvalue weighted by Gasteiger charge is -2.35. The summed E-state index contributed by atoms with van der Waals surface area (Å²) < 4.78 is 18.3. The zero-order chi connectivity index (χ0) is 77.4. The van der Waals surface area contributed by atoms with Crippen molar-refractivity contribution in [1.29, 1.82) is 0 Å². The largest absolute Gasteiger partial charge is 0.508 e. The van der Waals surface area contributed by atoms with Gasteiger partial charge in [0.05, 0.1) is 42.0 Å². The number of esters is 2. The van der Waals surface area contributed by atoms with Crippen molar-refractivity contribution in [2.24, 2.45) is 47.3 Å². The van der Waals surface area contributed by atoms with E-state index in [1.165, 1.54) is 96.2 Å². The molecule has 2 saturated heterocycles. The standard InChI is InChI=1S/C64H88N10O16.C12H18O2/c1-27(2)44-53(78)35-19-17-21-37(35)61(84)71(13)25-40(75)73(15)50(29(5)6)63(86)88-33(11)46(59(82)67-44)69-57(80)39-24-23-31(9)55-48(39)66-49-42(43(65)52(77)32(10)56(49)90-55)58(81)70-47-34(12)89-64(87)51(30(7)8)74(16)41(76)26-72(14)62(85)38-22-18-20-36(38)54(79)45(28(3)4)68-60(47)83;1-2-3-4-5-6-10-7-8-11(13)9-12(10)14/h23-24,27-30,33-38,44-47,50-51H,17-22,25-26,65H2,1-16H3,(H,67,82)(H,68,83)(H,69,80)(H,70,81);7-9,13-14H,2-6H2,1H3. The number of anilines is 1. The number of phenolic OH excluding ortho intramolecular Hbond substituents is 2. The number of cyclic esters (lactones) is 2. The molecule has 2 aromatic carbocycles. The van der Waals surface area contributed by atoms with E-state index in [0.717, 1.165) is 28.2 Å². The molecule has 3 aliphatic heterocycles. The third-order valence-corrected chi connectivity index (χ3v) is 20.7. The average molecular weight is 1450 g/mol. The molecule has 3 aliphatic carbocycles. The van der Waals surface area contributed by atoms with Crippen LogP contribution in [-0.2, 0) is 63.8 Å². The van der Waals surface area contributed by atoms with Crippen LogP contribution in [-0.4, -0.2) is 195 Å². The van der Waals surface area contributed by atoms with Crippen molar-refractivity contribution >= 4 is 87.5 Å². The molecule has 6 aliphatic rings. The van der Waals surface area contributed by atoms with Gasteiger partial charge in [-0.05, 0) is 113 Å². The molecular formula is C76H106N10O18. The molecule has 104 heavy (non-hydrogen) atoms. The second-order valence-corrected chi connectivity index (χ2v) is 29.9. The SMILES string of the molecule is CCCCCCc1ccc(O)cc1O.Cc1c2oc3c(C)ccc(C(=O)NC4C(=O)NC(C(C)C)C(=O)C5CCCC5C(=O)N(C)CC(=O)N(C)C(C(C)C)C(=O)OC4C)c3nc-2c(C(=O)NC2C(=O)NC(C(C)C)C(=O)C3CCCC3C(=O)N(C)CC(=O)N(C)C(C(C)C)C(=O)OC2C)c(N)c1=O. The number of carbonyl (C=O) groups is 12. The number of aromatic nitrogens is 1. The summed E-state index contributed by atoms with van der Waals surface area (Å²) in [5.41, 5.74) is 4.60. The molecule has 8 rings (SSSR count). The fourth-order valence-corrected chi connectivity index (χ4v) is 14.7. The molecule has 2 saturated carbocycles. The molecule has 0 spiro atoms. The number of aryl methyl sites for hydroxylation is 2. The highest BCUT2D eigenvalue weighted by Gasteiger charge is 2.48. The van der Waals surface area contributed by atoms with Gasteiger partial charge in [-0.15, -0.1) is 0 Å². The molecule has 8 amide bonds. The predicted molar refractivity (Wildman–Crippen MR) is 385 cm³/mol. The first-order valence-corrected chi connectivity index (χ1v) is 36.2. The van der Waals surface area contributed by atoms with Crippen molar-refractivity contribution in [3.05, 3.63) is 68.4 Å². The molecule has 8 N–H and O–H groups in total. The molecule has 0 bridgehead atoms. The fourth-order valence-electron chi connectivity index (χ4n) is 14.7. The second-order valence-electron chi connectivity index (χ2n) is 29.9. The quantitative estimate of drug-likeness (QED) is 0.0352. The molecule has 28 nitrogen and oxygen atoms in total. The predicted octanol–water partition coefficient (Wildman–Crippen LogP) is 5.94. The van der Waals surface area contributed by atoms with Gasteiger partial charge in [0, 0.05) is 63.5 Å². The number of fused-ring (bicyclic) bond motifs is 4. The number of nitrogens with one attached hydrogen (secondary N) is 4. The Morgan fingerprint density at radius 1 is 0.625 bits per heavy atom. The Morgan fingerprint density at radius 3 is 1.53 bits per heavy atom. The van der Waals surface area contributed by atoms with Gasteiger partial charge >= 0.3 is 11.9 Å². The molecule has 3 heterocycles. The number of nitrogen functional groups attached to an aromatic ring is 1. The number of unbranched alkanes of at least 4 members (excludes halogenated alkanes) is 3. The highest BCUT2D eigenvalue weighted by molar-refractivity contribution is 6.10. The van der Waals surface area contributed by atoms with E-state index in [1.54, 1.807) is 74.4 Å². The summed E-state index contributed by atoms with van der Waals surface area (Å²) in [5, 5.41) is 29.4. The highest BCUT2D eigenvalue weighted by Crippen LogP contribution is 2.39. The fraction of sp³-hybridized carbons (Fsp3) is 0.605. The lowest BCUT2D eigenvalue weighted by Crippen LogP contribution is -2.59. The molecule has 0 radical (unpaired) electrons. The van der Waals surface area contributed by atoms with Crippen LogP contribution in [0.25, 0.3) is 22.6 Å². The average Bonchev–Trinajstić information content (AvgIpc) is 0.858. The number of Topliss-reactive ketones (excluding diaryl/α,β-unsaturated/α-hetero) is 2. The van der Waals surface area contributed by atoms with Crippen LogP contribution in [0, 0.1) is 61.2 Å². The Bertz CT molecular complexity index is 3960. The van der Waals surface area contributed by atoms with Gasteiger partial charge in [0.1, 0.15) is 59.1 Å². The molecule has 28 heteroatoms. The maximum Gasteiger partial charge on any atom is 0.329 e. The maximum atomic E-state index is 15.2. The number of nitrogens with two attached hydrogens (primary N) is 1. The number of hydrogen-bond acceptors (Lipinski definition) is 20. The topological polar surface area (TPSA) is 394 Å². The van der Waals surface area contributed by atoms with Crippen LogP contribution < -0.4 is 32.4 Å². The van der Waals surface area contributed by atoms with Gasteiger partial charge in [0.25, 0.3) is 11.8 Å². The minimum atomic E-state index is -1.86. The molecular weight excluding hydrogens is 1340 g/mol. The molecule has 568 valence electrons. The Kier molecular flexibility index (Phi) is 27.4. The number of nitrogens with zero attached hydrogens (tertiary/aromatic N) is 5. The summed E-state index contributed by atoms with van der Waals surface area (Å²) in [7, 11) is 5.66. The van der Waals surface area contributed by atoms with Gasteiger partial charge in [-0.2, -0.15) is 0 Å². The Balaban J connectivity index is 0.000000964. The third kappa shape index (κ3) is 18.2. The van der Waals surface area contributed by atoms with Crippen molar-refractivity contribution in [2.75, 3.05) is 47.0 Å². The van der Waals surface area contributed by atoms with E-state index in [1.807, 2.05) is 0 Å². The summed E-state index contributed by atoms with van der Waals surface area (Å²) >= 11 is 0. The number of amides is 8. The van der Waals surface area contributed by atoms with Gasteiger partial charge in [-0.1, -0.05) is 107 Å². The van der Waals surface area contributed by atoms with Gasteiger partial charge in [0.15, 0.2) is 22.9 Å². The number of phenols is 2. The lowest BCUT2D eigenvalue weighted by molar-refractivity contribution is -0.163. The Hall–Kier alpha value is -9.50. The molecule has 0 aromatic heterocycles. The number of benzene rings is 3. The lowest BCUT2D eigenvalue weighted by atomic mass is 9.83. The van der Waals surface area contributed by atoms with Crippen LogP contribution in [0.15, 0.2) is 39.5 Å². The van der Waals surface area contributed by atoms with Crippen molar-refractivity contribution in [2.45, 2.75) is 209 Å². The zero-order valence-corrected chi connectivity index (χ0v) is 63.1. The molecule has 2 aromatic rings.